The molecule has 4 rings (SSSR count). The summed E-state index contributed by atoms with van der Waals surface area (Å²) in [6.07, 6.45) is -0.389. The third-order valence-corrected chi connectivity index (χ3v) is 5.72. The molecular weight excluding hydrogens is 412 g/mol. The highest BCUT2D eigenvalue weighted by atomic mass is 19.3. The van der Waals surface area contributed by atoms with Gasteiger partial charge in [-0.1, -0.05) is 18.2 Å². The van der Waals surface area contributed by atoms with Crippen LogP contribution in [-0.2, 0) is 6.54 Å². The molecule has 1 aliphatic heterocycles. The Morgan fingerprint density at radius 3 is 2.69 bits per heavy atom. The lowest BCUT2D eigenvalue weighted by atomic mass is 10.1. The molecule has 32 heavy (non-hydrogen) atoms. The zero-order valence-corrected chi connectivity index (χ0v) is 18.8. The summed E-state index contributed by atoms with van der Waals surface area (Å²) < 4.78 is 36.9. The van der Waals surface area contributed by atoms with E-state index in [1.165, 1.54) is 0 Å². The summed E-state index contributed by atoms with van der Waals surface area (Å²) in [7, 11) is 1.71. The van der Waals surface area contributed by atoms with E-state index in [1.54, 1.807) is 25.3 Å². The Morgan fingerprint density at radius 1 is 1.06 bits per heavy atom. The number of fused-ring (bicyclic) bond motifs is 1. The summed E-state index contributed by atoms with van der Waals surface area (Å²) in [6.45, 7) is 6.99. The van der Waals surface area contributed by atoms with Crippen LogP contribution in [0.4, 0.5) is 14.5 Å². The Morgan fingerprint density at radius 2 is 1.91 bits per heavy atom. The molecule has 0 amide bonds. The molecule has 1 fully saturated rings. The van der Waals surface area contributed by atoms with Crippen LogP contribution in [0.1, 0.15) is 24.5 Å². The number of hydrogen-bond acceptors (Lipinski definition) is 5. The van der Waals surface area contributed by atoms with Crippen molar-refractivity contribution in [3.8, 4) is 11.5 Å². The largest absolute Gasteiger partial charge is 0.494 e. The monoisotopic (exact) mass is 441 g/mol. The molecule has 1 saturated heterocycles. The minimum Gasteiger partial charge on any atom is -0.494 e. The Hall–Kier alpha value is -2.93. The lowest BCUT2D eigenvalue weighted by Gasteiger charge is -2.27. The Balaban J connectivity index is 1.52. The Bertz CT molecular complexity index is 1080. The number of alkyl halides is 2. The van der Waals surface area contributed by atoms with Gasteiger partial charge in [-0.15, -0.1) is 0 Å². The normalized spacial score (nSPS) is 15.6. The van der Waals surface area contributed by atoms with E-state index in [0.717, 1.165) is 73.0 Å². The standard InChI is InChI=1S/C25H29F2N3O2/c1-18-15-20-8-5-10-28-22(20)23(24(18)31-3)30-12-6-11-29(13-14-30)17-19-7-4-9-21(16-19)32-25(2,26)27/h4-5,7-10,15-16H,6,11-14,17H2,1-3H3. The summed E-state index contributed by atoms with van der Waals surface area (Å²) in [6, 6.07) is 13.1. The molecule has 2 aromatic carbocycles. The van der Waals surface area contributed by atoms with Gasteiger partial charge in [0.2, 0.25) is 0 Å². The van der Waals surface area contributed by atoms with Crippen LogP contribution in [0.2, 0.25) is 0 Å². The molecule has 0 atom stereocenters. The van der Waals surface area contributed by atoms with Gasteiger partial charge in [-0.25, -0.2) is 0 Å². The molecule has 1 aliphatic rings. The molecule has 2 heterocycles. The van der Waals surface area contributed by atoms with Crippen LogP contribution in [0.5, 0.6) is 11.5 Å². The number of methoxy groups -OCH3 is 1. The number of aryl methyl sites for hydroxylation is 1. The van der Waals surface area contributed by atoms with Crippen molar-refractivity contribution >= 4 is 16.6 Å². The molecule has 0 bridgehead atoms. The van der Waals surface area contributed by atoms with Gasteiger partial charge in [0.05, 0.1) is 12.6 Å². The second-order valence-corrected chi connectivity index (χ2v) is 8.32. The molecule has 0 saturated carbocycles. The number of ether oxygens (including phenoxy) is 2. The summed E-state index contributed by atoms with van der Waals surface area (Å²) in [4.78, 5) is 9.36. The van der Waals surface area contributed by atoms with Crippen molar-refractivity contribution in [2.24, 2.45) is 0 Å². The molecule has 0 radical (unpaired) electrons. The first-order chi connectivity index (χ1) is 15.3. The fourth-order valence-corrected chi connectivity index (χ4v) is 4.40. The third-order valence-electron chi connectivity index (χ3n) is 5.72. The Labute approximate surface area is 187 Å². The highest BCUT2D eigenvalue weighted by Crippen LogP contribution is 2.38. The number of rotatable bonds is 6. The van der Waals surface area contributed by atoms with Gasteiger partial charge < -0.3 is 14.4 Å². The smallest absolute Gasteiger partial charge is 0.394 e. The number of aromatic nitrogens is 1. The molecule has 7 heteroatoms. The third kappa shape index (κ3) is 5.10. The SMILES string of the molecule is COc1c(C)cc2cccnc2c1N1CCCN(Cc2cccc(OC(C)(F)F)c2)CC1. The zero-order chi connectivity index (χ0) is 22.7. The quantitative estimate of drug-likeness (QED) is 0.522. The minimum absolute atomic E-state index is 0.188. The number of anilines is 1. The highest BCUT2D eigenvalue weighted by Gasteiger charge is 2.24. The van der Waals surface area contributed by atoms with Crippen LogP contribution in [0.3, 0.4) is 0 Å². The fraction of sp³-hybridized carbons (Fsp3) is 0.400. The van der Waals surface area contributed by atoms with Crippen molar-refractivity contribution in [3.63, 3.8) is 0 Å². The van der Waals surface area contributed by atoms with E-state index in [2.05, 4.69) is 33.8 Å². The van der Waals surface area contributed by atoms with Crippen LogP contribution in [-0.4, -0.2) is 49.3 Å². The van der Waals surface area contributed by atoms with Gasteiger partial charge >= 0.3 is 6.11 Å². The van der Waals surface area contributed by atoms with Gasteiger partial charge in [0.15, 0.2) is 0 Å². The number of nitrogens with zero attached hydrogens (tertiary/aromatic N) is 3. The van der Waals surface area contributed by atoms with Crippen LogP contribution in [0.15, 0.2) is 48.7 Å². The molecule has 0 spiro atoms. The van der Waals surface area contributed by atoms with Crippen LogP contribution >= 0.6 is 0 Å². The van der Waals surface area contributed by atoms with Crippen molar-refractivity contribution in [3.05, 3.63) is 59.8 Å². The van der Waals surface area contributed by atoms with E-state index in [0.29, 0.717) is 6.54 Å². The van der Waals surface area contributed by atoms with E-state index in [9.17, 15) is 8.78 Å². The van der Waals surface area contributed by atoms with Crippen molar-refractivity contribution in [2.75, 3.05) is 38.2 Å². The number of halogens is 2. The van der Waals surface area contributed by atoms with Crippen molar-refractivity contribution in [1.82, 2.24) is 9.88 Å². The maximum absolute atomic E-state index is 13.2. The van der Waals surface area contributed by atoms with Crippen LogP contribution < -0.4 is 14.4 Å². The summed E-state index contributed by atoms with van der Waals surface area (Å²) in [5.74, 6) is 1.06. The molecule has 3 aromatic rings. The average Bonchev–Trinajstić information content (AvgIpc) is 2.97. The first kappa shape index (κ1) is 22.3. The summed E-state index contributed by atoms with van der Waals surface area (Å²) in [5, 5.41) is 1.10. The molecule has 5 nitrogen and oxygen atoms in total. The van der Waals surface area contributed by atoms with E-state index < -0.39 is 6.11 Å². The van der Waals surface area contributed by atoms with Crippen LogP contribution in [0, 0.1) is 6.92 Å². The van der Waals surface area contributed by atoms with E-state index in [4.69, 9.17) is 9.47 Å². The van der Waals surface area contributed by atoms with Crippen molar-refractivity contribution < 1.29 is 18.3 Å². The predicted octanol–water partition coefficient (Wildman–Crippen LogP) is 5.26. The first-order valence-corrected chi connectivity index (χ1v) is 10.9. The van der Waals surface area contributed by atoms with Gasteiger partial charge in [0, 0.05) is 51.2 Å². The zero-order valence-electron chi connectivity index (χ0n) is 18.8. The maximum Gasteiger partial charge on any atom is 0.394 e. The van der Waals surface area contributed by atoms with Gasteiger partial charge in [-0.05, 0) is 48.7 Å². The van der Waals surface area contributed by atoms with E-state index in [-0.39, 0.29) is 5.75 Å². The van der Waals surface area contributed by atoms with Gasteiger partial charge in [-0.2, -0.15) is 8.78 Å². The maximum atomic E-state index is 13.2. The highest BCUT2D eigenvalue weighted by molar-refractivity contribution is 5.95. The molecule has 170 valence electrons. The first-order valence-electron chi connectivity index (χ1n) is 10.9. The molecule has 0 aliphatic carbocycles. The topological polar surface area (TPSA) is 37.8 Å². The average molecular weight is 442 g/mol. The van der Waals surface area contributed by atoms with Gasteiger partial charge in [-0.3, -0.25) is 9.88 Å². The van der Waals surface area contributed by atoms with E-state index >= 15 is 0 Å². The predicted molar refractivity (Wildman–Crippen MR) is 123 cm³/mol. The minimum atomic E-state index is -3.19. The number of benzene rings is 2. The summed E-state index contributed by atoms with van der Waals surface area (Å²) >= 11 is 0. The summed E-state index contributed by atoms with van der Waals surface area (Å²) in [5.41, 5.74) is 4.05. The second kappa shape index (κ2) is 9.28. The number of hydrogen-bond donors (Lipinski definition) is 0. The molecule has 1 aromatic heterocycles. The lowest BCUT2D eigenvalue weighted by molar-refractivity contribution is -0.159. The lowest BCUT2D eigenvalue weighted by Crippen LogP contribution is -2.31. The molecular formula is C25H29F2N3O2. The fourth-order valence-electron chi connectivity index (χ4n) is 4.40. The second-order valence-electron chi connectivity index (χ2n) is 8.32. The Kier molecular flexibility index (Phi) is 6.46. The van der Waals surface area contributed by atoms with E-state index in [1.807, 2.05) is 18.3 Å². The number of pyridine rings is 1. The van der Waals surface area contributed by atoms with Gasteiger partial charge in [0.25, 0.3) is 0 Å². The van der Waals surface area contributed by atoms with Crippen LogP contribution in [0.25, 0.3) is 10.9 Å². The molecule has 0 N–H and O–H groups in total. The van der Waals surface area contributed by atoms with Crippen molar-refractivity contribution in [1.29, 1.82) is 0 Å². The van der Waals surface area contributed by atoms with Gasteiger partial charge in [0.1, 0.15) is 17.2 Å². The van der Waals surface area contributed by atoms with Crippen molar-refractivity contribution in [2.45, 2.75) is 32.9 Å². The molecule has 0 unspecified atom stereocenters.